The van der Waals surface area contributed by atoms with Crippen LogP contribution in [-0.4, -0.2) is 71.8 Å². The molecule has 7 atom stereocenters. The molecule has 5 rings (SSSR count). The number of H-pyrrole nitrogens is 1. The van der Waals surface area contributed by atoms with E-state index in [1.54, 1.807) is 0 Å². The van der Waals surface area contributed by atoms with E-state index in [0.717, 1.165) is 4.57 Å². The molecule has 1 unspecified atom stereocenters. The van der Waals surface area contributed by atoms with Crippen LogP contribution in [0.2, 0.25) is 0 Å². The minimum Gasteiger partial charge on any atom is -0.790 e. The molecule has 0 aromatic carbocycles. The summed E-state index contributed by atoms with van der Waals surface area (Å²) >= 11 is 0. The van der Waals surface area contributed by atoms with Crippen LogP contribution in [0.25, 0.3) is 11.2 Å². The number of nitrogen functional groups attached to an aromatic ring is 1. The van der Waals surface area contributed by atoms with E-state index in [1.807, 2.05) is 0 Å². The van der Waals surface area contributed by atoms with Gasteiger partial charge in [-0.15, -0.1) is 0 Å². The molecule has 0 amide bonds. The summed E-state index contributed by atoms with van der Waals surface area (Å²) in [5.41, 5.74) is 4.99. The standard InChI is InChI=1S/C20H27N7O13P2.3Na/c1-9-4-26(20(30)25-19(9)29)14-2-10(12(5-28)37-14)40-42(34,35)36-6-13-11(39-41(31,32)33)3-15(38-13)27-8-24-16-17(21)22-7-23-18(16)27;;;/h4,7-8,10-15,28H,2-3,5-6H2,1H3,(H,34,35)(H2,21,22,23)(H,25,29,30)(H2,31,32,33);;;/q;3*+1/p-3/t10-,11-,12-,13-,14-,15-;;;/m1.../s1. The van der Waals surface area contributed by atoms with Crippen molar-refractivity contribution in [3.8, 4) is 0 Å². The first kappa shape index (κ1) is 41.3. The zero-order valence-corrected chi connectivity index (χ0v) is 32.4. The number of nitrogens with two attached hydrogens (primary N) is 1. The van der Waals surface area contributed by atoms with E-state index in [-0.39, 0.29) is 124 Å². The van der Waals surface area contributed by atoms with Crippen molar-refractivity contribution in [2.24, 2.45) is 0 Å². The van der Waals surface area contributed by atoms with Crippen molar-refractivity contribution in [1.29, 1.82) is 0 Å². The van der Waals surface area contributed by atoms with E-state index in [4.69, 9.17) is 24.3 Å². The first-order valence-corrected chi connectivity index (χ1v) is 15.2. The van der Waals surface area contributed by atoms with Crippen LogP contribution in [0, 0.1) is 6.92 Å². The Morgan fingerprint density at radius 1 is 1.02 bits per heavy atom. The van der Waals surface area contributed by atoms with E-state index in [9.17, 15) is 38.5 Å². The number of nitrogens with zero attached hydrogens (tertiary/aromatic N) is 5. The summed E-state index contributed by atoms with van der Waals surface area (Å²) in [5.74, 6) is 0.0670. The fraction of sp³-hybridized carbons (Fsp3) is 0.550. The van der Waals surface area contributed by atoms with Gasteiger partial charge < -0.3 is 53.1 Å². The Morgan fingerprint density at radius 2 is 1.64 bits per heavy atom. The van der Waals surface area contributed by atoms with E-state index < -0.39 is 77.0 Å². The summed E-state index contributed by atoms with van der Waals surface area (Å²) < 4.78 is 52.5. The Balaban J connectivity index is 0.00000235. The number of hydrogen-bond acceptors (Lipinski definition) is 17. The number of fused-ring (bicyclic) bond motifs is 1. The van der Waals surface area contributed by atoms with E-state index in [0.29, 0.717) is 0 Å². The number of phosphoric acid groups is 2. The maximum atomic E-state index is 12.7. The summed E-state index contributed by atoms with van der Waals surface area (Å²) in [6.45, 7) is -0.0630. The average Bonchev–Trinajstić information content (AvgIpc) is 3.61. The predicted molar refractivity (Wildman–Crippen MR) is 131 cm³/mol. The quantitative estimate of drug-likeness (QED) is 0.131. The van der Waals surface area contributed by atoms with Gasteiger partial charge in [-0.1, -0.05) is 0 Å². The molecular weight excluding hydrogens is 677 g/mol. The van der Waals surface area contributed by atoms with Crippen LogP contribution >= 0.6 is 15.6 Å². The van der Waals surface area contributed by atoms with Crippen LogP contribution in [0.3, 0.4) is 0 Å². The molecule has 20 nitrogen and oxygen atoms in total. The van der Waals surface area contributed by atoms with Gasteiger partial charge in [0.2, 0.25) is 0 Å². The third-order valence-electron chi connectivity index (χ3n) is 6.62. The number of aryl methyl sites for hydroxylation is 1. The summed E-state index contributed by atoms with van der Waals surface area (Å²) in [4.78, 5) is 73.4. The zero-order chi connectivity index (χ0) is 30.4. The number of rotatable bonds is 10. The maximum Gasteiger partial charge on any atom is 1.00 e. The molecular formula is C20H24N7Na3O13P2. The topological polar surface area (TPSA) is 294 Å². The number of imidazole rings is 1. The number of aliphatic hydroxyl groups excluding tert-OH is 1. The van der Waals surface area contributed by atoms with Gasteiger partial charge in [0.05, 0.1) is 39.6 Å². The summed E-state index contributed by atoms with van der Waals surface area (Å²) in [6, 6.07) is 0. The number of anilines is 1. The summed E-state index contributed by atoms with van der Waals surface area (Å²) in [7, 11) is -10.7. The second kappa shape index (κ2) is 16.7. The Bertz CT molecular complexity index is 1690. The maximum absolute atomic E-state index is 12.7. The van der Waals surface area contributed by atoms with Crippen LogP contribution in [0.5, 0.6) is 0 Å². The first-order chi connectivity index (χ1) is 19.7. The molecule has 0 bridgehead atoms. The number of nitrogens with one attached hydrogen (secondary N) is 1. The molecule has 230 valence electrons. The molecule has 2 saturated heterocycles. The van der Waals surface area contributed by atoms with Crippen molar-refractivity contribution >= 4 is 32.6 Å². The van der Waals surface area contributed by atoms with Crippen molar-refractivity contribution in [2.45, 2.75) is 56.6 Å². The van der Waals surface area contributed by atoms with Crippen molar-refractivity contribution in [1.82, 2.24) is 29.1 Å². The third kappa shape index (κ3) is 9.86. The molecule has 5 heterocycles. The third-order valence-corrected chi connectivity index (χ3v) is 8.14. The van der Waals surface area contributed by atoms with Crippen LogP contribution in [0.4, 0.5) is 5.82 Å². The van der Waals surface area contributed by atoms with Crippen LogP contribution in [0.1, 0.15) is 30.9 Å². The fourth-order valence-electron chi connectivity index (χ4n) is 4.69. The monoisotopic (exact) mass is 701 g/mol. The summed E-state index contributed by atoms with van der Waals surface area (Å²) in [5, 5.41) is 9.69. The molecule has 2 aliphatic rings. The Morgan fingerprint density at radius 3 is 2.29 bits per heavy atom. The Hall–Kier alpha value is 0.130. The molecule has 0 aliphatic carbocycles. The molecule has 4 N–H and O–H groups in total. The van der Waals surface area contributed by atoms with E-state index in [1.165, 1.54) is 30.3 Å². The van der Waals surface area contributed by atoms with Gasteiger partial charge >= 0.3 is 94.4 Å². The van der Waals surface area contributed by atoms with Gasteiger partial charge in [0.15, 0.2) is 11.5 Å². The van der Waals surface area contributed by atoms with Crippen molar-refractivity contribution in [3.63, 3.8) is 0 Å². The number of ether oxygens (including phenoxy) is 2. The number of aromatic amines is 1. The average molecular weight is 701 g/mol. The molecule has 3 aromatic rings. The molecule has 45 heavy (non-hydrogen) atoms. The molecule has 2 aliphatic heterocycles. The largest absolute Gasteiger partial charge is 1.00 e. The number of phosphoric ester groups is 2. The van der Waals surface area contributed by atoms with Gasteiger partial charge in [-0.2, -0.15) is 0 Å². The number of hydrogen-bond donors (Lipinski definition) is 3. The fourth-order valence-corrected chi connectivity index (χ4v) is 6.18. The van der Waals surface area contributed by atoms with Crippen LogP contribution < -0.4 is 120 Å². The second-order valence-corrected chi connectivity index (χ2v) is 11.9. The van der Waals surface area contributed by atoms with Gasteiger partial charge in [-0.3, -0.25) is 23.5 Å². The normalized spacial score (nSPS) is 26.1. The molecule has 2 fully saturated rings. The SMILES string of the molecule is Cc1cn([C@H]2C[C@@H](OP(=O)([O-])OC[C@H]3O[C@@H](n4cnc5c(N)ncnc54)C[C@H]3OP(=O)([O-])[O-])[C@@H](CO)O2)c(=O)[nH]c1=O.[Na+].[Na+].[Na+]. The van der Waals surface area contributed by atoms with Crippen LogP contribution in [0.15, 0.2) is 28.4 Å². The Labute approximate surface area is 320 Å². The van der Waals surface area contributed by atoms with Gasteiger partial charge in [0.1, 0.15) is 36.5 Å². The minimum atomic E-state index is -5.54. The summed E-state index contributed by atoms with van der Waals surface area (Å²) in [6.07, 6.45) is -4.23. The van der Waals surface area contributed by atoms with Crippen molar-refractivity contribution in [2.75, 3.05) is 18.9 Å². The zero-order valence-electron chi connectivity index (χ0n) is 24.6. The molecule has 0 spiro atoms. The molecule has 0 saturated carbocycles. The smallest absolute Gasteiger partial charge is 0.790 e. The van der Waals surface area contributed by atoms with Crippen molar-refractivity contribution < 1.29 is 141 Å². The number of aromatic nitrogens is 6. The van der Waals surface area contributed by atoms with Crippen LogP contribution in [-0.2, 0) is 32.2 Å². The predicted octanol–water partition coefficient (Wildman–Crippen LogP) is -12.1. The van der Waals surface area contributed by atoms with Gasteiger partial charge in [-0.25, -0.2) is 19.7 Å². The van der Waals surface area contributed by atoms with E-state index >= 15 is 0 Å². The number of aliphatic hydroxyl groups is 1. The molecule has 3 aromatic heterocycles. The van der Waals surface area contributed by atoms with Gasteiger partial charge in [0, 0.05) is 24.6 Å². The molecule has 25 heteroatoms. The second-order valence-electron chi connectivity index (χ2n) is 9.45. The van der Waals surface area contributed by atoms with Gasteiger partial charge in [-0.05, 0) is 6.92 Å². The van der Waals surface area contributed by atoms with E-state index in [2.05, 4.69) is 24.5 Å². The van der Waals surface area contributed by atoms with Gasteiger partial charge in [0.25, 0.3) is 13.4 Å². The minimum absolute atomic E-state index is 0. The Kier molecular flexibility index (Phi) is 15.3. The first-order valence-electron chi connectivity index (χ1n) is 12.3. The van der Waals surface area contributed by atoms with Crippen molar-refractivity contribution in [3.05, 3.63) is 45.3 Å². The molecule has 0 radical (unpaired) electrons.